The number of aromatic carboxylic acids is 1. The third kappa shape index (κ3) is 4.39. The van der Waals surface area contributed by atoms with Crippen LogP contribution in [0.2, 0.25) is 0 Å². The fourth-order valence-electron chi connectivity index (χ4n) is 2.59. The van der Waals surface area contributed by atoms with Crippen molar-refractivity contribution in [3.63, 3.8) is 0 Å². The third-order valence-electron chi connectivity index (χ3n) is 3.88. The number of rotatable bonds is 7. The lowest BCUT2D eigenvalue weighted by Crippen LogP contribution is -2.24. The Morgan fingerprint density at radius 3 is 2.80 bits per heavy atom. The number of carbonyl (C=O) groups is 2. The molecule has 25 heavy (non-hydrogen) atoms. The molecule has 132 valence electrons. The maximum atomic E-state index is 12.4. The Morgan fingerprint density at radius 2 is 2.08 bits per heavy atom. The van der Waals surface area contributed by atoms with Crippen molar-refractivity contribution in [2.75, 3.05) is 13.2 Å². The molecule has 3 rings (SSSR count). The van der Waals surface area contributed by atoms with Crippen molar-refractivity contribution < 1.29 is 28.6 Å². The first-order valence-corrected chi connectivity index (χ1v) is 8.07. The van der Waals surface area contributed by atoms with Crippen LogP contribution in [0.15, 0.2) is 40.8 Å². The van der Waals surface area contributed by atoms with Gasteiger partial charge in [-0.1, -0.05) is 12.1 Å². The van der Waals surface area contributed by atoms with Crippen molar-refractivity contribution in [3.05, 3.63) is 53.5 Å². The molecule has 0 aliphatic carbocycles. The van der Waals surface area contributed by atoms with Crippen molar-refractivity contribution in [1.82, 2.24) is 5.32 Å². The largest absolute Gasteiger partial charge is 0.490 e. The van der Waals surface area contributed by atoms with Crippen LogP contribution in [-0.2, 0) is 11.3 Å². The lowest BCUT2D eigenvalue weighted by molar-refractivity contribution is 0.0659. The Labute approximate surface area is 144 Å². The van der Waals surface area contributed by atoms with Gasteiger partial charge in [-0.15, -0.1) is 0 Å². The molecule has 1 amide bonds. The van der Waals surface area contributed by atoms with Gasteiger partial charge in [0.2, 0.25) is 5.76 Å². The standard InChI is InChI=1S/C18H19NO6/c20-17(19-10-12-7-8-16(25-12)18(21)22)14-5-1-2-6-15(14)24-11-13-4-3-9-23-13/h1-2,5-8,13H,3-4,9-11H2,(H,19,20)(H,21,22)/t13-/m0/s1. The average molecular weight is 345 g/mol. The molecule has 2 N–H and O–H groups in total. The monoisotopic (exact) mass is 345 g/mol. The second kappa shape index (κ2) is 7.85. The van der Waals surface area contributed by atoms with E-state index in [1.54, 1.807) is 24.3 Å². The van der Waals surface area contributed by atoms with Crippen LogP contribution in [0.1, 0.15) is 39.5 Å². The Hall–Kier alpha value is -2.80. The molecule has 1 saturated heterocycles. The molecule has 1 fully saturated rings. The summed E-state index contributed by atoms with van der Waals surface area (Å²) in [6.07, 6.45) is 2.05. The molecular formula is C18H19NO6. The molecule has 1 aliphatic rings. The summed E-state index contributed by atoms with van der Waals surface area (Å²) in [5.41, 5.74) is 0.408. The van der Waals surface area contributed by atoms with Crippen molar-refractivity contribution >= 4 is 11.9 Å². The predicted octanol–water partition coefficient (Wildman–Crippen LogP) is 2.47. The smallest absolute Gasteiger partial charge is 0.371 e. The van der Waals surface area contributed by atoms with Crippen LogP contribution in [0.5, 0.6) is 5.75 Å². The van der Waals surface area contributed by atoms with Crippen LogP contribution < -0.4 is 10.1 Å². The summed E-state index contributed by atoms with van der Waals surface area (Å²) in [6, 6.07) is 9.83. The van der Waals surface area contributed by atoms with E-state index in [-0.39, 0.29) is 24.3 Å². The van der Waals surface area contributed by atoms with Gasteiger partial charge in [-0.3, -0.25) is 4.79 Å². The van der Waals surface area contributed by atoms with E-state index < -0.39 is 5.97 Å². The number of carboxylic acids is 1. The lowest BCUT2D eigenvalue weighted by atomic mass is 10.2. The van der Waals surface area contributed by atoms with Crippen LogP contribution in [0.25, 0.3) is 0 Å². The highest BCUT2D eigenvalue weighted by Crippen LogP contribution is 2.20. The lowest BCUT2D eigenvalue weighted by Gasteiger charge is -2.14. The van der Waals surface area contributed by atoms with Gasteiger partial charge in [-0.05, 0) is 37.1 Å². The number of hydrogen-bond donors (Lipinski definition) is 2. The molecule has 7 heteroatoms. The van der Waals surface area contributed by atoms with E-state index in [0.29, 0.717) is 23.7 Å². The normalized spacial score (nSPS) is 16.6. The maximum absolute atomic E-state index is 12.4. The van der Waals surface area contributed by atoms with E-state index in [1.807, 2.05) is 0 Å². The van der Waals surface area contributed by atoms with Gasteiger partial charge in [0.05, 0.1) is 18.2 Å². The number of carbonyl (C=O) groups excluding carboxylic acids is 1. The summed E-state index contributed by atoms with van der Waals surface area (Å²) in [6.45, 7) is 1.24. The first kappa shape index (κ1) is 17.0. The second-order valence-electron chi connectivity index (χ2n) is 5.70. The SMILES string of the molecule is O=C(O)c1ccc(CNC(=O)c2ccccc2OC[C@@H]2CCCO2)o1. The number of nitrogens with one attached hydrogen (secondary N) is 1. The Kier molecular flexibility index (Phi) is 5.35. The second-order valence-corrected chi connectivity index (χ2v) is 5.70. The molecule has 2 aromatic rings. The van der Waals surface area contributed by atoms with Gasteiger partial charge in [0.1, 0.15) is 18.1 Å². The van der Waals surface area contributed by atoms with E-state index in [4.69, 9.17) is 19.0 Å². The highest BCUT2D eigenvalue weighted by molar-refractivity contribution is 5.96. The highest BCUT2D eigenvalue weighted by Gasteiger charge is 2.18. The fraction of sp³-hybridized carbons (Fsp3) is 0.333. The first-order valence-electron chi connectivity index (χ1n) is 8.07. The third-order valence-corrected chi connectivity index (χ3v) is 3.88. The molecule has 7 nitrogen and oxygen atoms in total. The maximum Gasteiger partial charge on any atom is 0.371 e. The average Bonchev–Trinajstić information content (AvgIpc) is 3.30. The molecule has 1 aromatic carbocycles. The summed E-state index contributed by atoms with van der Waals surface area (Å²) in [7, 11) is 0. The number of ether oxygens (including phenoxy) is 2. The minimum atomic E-state index is -1.15. The number of hydrogen-bond acceptors (Lipinski definition) is 5. The molecule has 1 atom stereocenters. The van der Waals surface area contributed by atoms with E-state index in [1.165, 1.54) is 12.1 Å². The number of benzene rings is 1. The molecule has 0 saturated carbocycles. The van der Waals surface area contributed by atoms with Crippen LogP contribution in [0.4, 0.5) is 0 Å². The van der Waals surface area contributed by atoms with Crippen molar-refractivity contribution in [1.29, 1.82) is 0 Å². The van der Waals surface area contributed by atoms with Gasteiger partial charge in [0.25, 0.3) is 5.91 Å². The number of furan rings is 1. The van der Waals surface area contributed by atoms with Crippen LogP contribution >= 0.6 is 0 Å². The summed E-state index contributed by atoms with van der Waals surface area (Å²) >= 11 is 0. The van der Waals surface area contributed by atoms with Crippen molar-refractivity contribution in [2.45, 2.75) is 25.5 Å². The zero-order valence-electron chi connectivity index (χ0n) is 13.6. The molecule has 0 unspecified atom stereocenters. The van der Waals surface area contributed by atoms with E-state index in [9.17, 15) is 9.59 Å². The molecule has 2 heterocycles. The molecular weight excluding hydrogens is 326 g/mol. The number of amides is 1. The van der Waals surface area contributed by atoms with Gasteiger partial charge in [-0.25, -0.2) is 4.79 Å². The van der Waals surface area contributed by atoms with Gasteiger partial charge >= 0.3 is 5.97 Å². The van der Waals surface area contributed by atoms with Gasteiger partial charge < -0.3 is 24.3 Å². The number of carboxylic acid groups (broad SMARTS) is 1. The molecule has 1 aliphatic heterocycles. The van der Waals surface area contributed by atoms with Crippen LogP contribution in [-0.4, -0.2) is 36.3 Å². The minimum absolute atomic E-state index is 0.0636. The zero-order chi connectivity index (χ0) is 17.6. The molecule has 0 radical (unpaired) electrons. The van der Waals surface area contributed by atoms with Crippen LogP contribution in [0.3, 0.4) is 0 Å². The molecule has 0 bridgehead atoms. The molecule has 1 aromatic heterocycles. The zero-order valence-corrected chi connectivity index (χ0v) is 13.6. The minimum Gasteiger partial charge on any atom is -0.490 e. The van der Waals surface area contributed by atoms with Crippen LogP contribution in [0, 0.1) is 0 Å². The Balaban J connectivity index is 1.59. The Bertz CT molecular complexity index is 748. The summed E-state index contributed by atoms with van der Waals surface area (Å²) in [5.74, 6) is -0.782. The first-order chi connectivity index (χ1) is 12.1. The highest BCUT2D eigenvalue weighted by atomic mass is 16.5. The fourth-order valence-corrected chi connectivity index (χ4v) is 2.59. The quantitative estimate of drug-likeness (QED) is 0.800. The van der Waals surface area contributed by atoms with Gasteiger partial charge in [0.15, 0.2) is 0 Å². The summed E-state index contributed by atoms with van der Waals surface area (Å²) in [4.78, 5) is 23.2. The van der Waals surface area contributed by atoms with Gasteiger partial charge in [0, 0.05) is 6.61 Å². The number of para-hydroxylation sites is 1. The van der Waals surface area contributed by atoms with E-state index in [2.05, 4.69) is 5.32 Å². The summed E-state index contributed by atoms with van der Waals surface area (Å²) in [5, 5.41) is 11.5. The Morgan fingerprint density at radius 1 is 1.24 bits per heavy atom. The predicted molar refractivity (Wildman–Crippen MR) is 87.7 cm³/mol. The molecule has 0 spiro atoms. The van der Waals surface area contributed by atoms with Gasteiger partial charge in [-0.2, -0.15) is 0 Å². The summed E-state index contributed by atoms with van der Waals surface area (Å²) < 4.78 is 16.4. The van der Waals surface area contributed by atoms with Crippen molar-refractivity contribution in [3.8, 4) is 5.75 Å². The van der Waals surface area contributed by atoms with E-state index >= 15 is 0 Å². The topological polar surface area (TPSA) is 98.0 Å². The van der Waals surface area contributed by atoms with Crippen molar-refractivity contribution in [2.24, 2.45) is 0 Å². The van der Waals surface area contributed by atoms with E-state index in [0.717, 1.165) is 19.4 Å².